The maximum atomic E-state index is 5.15. The first kappa shape index (κ1) is 9.51. The Hall–Kier alpha value is -2.04. The summed E-state index contributed by atoms with van der Waals surface area (Å²) in [7, 11) is 3.22. The van der Waals surface area contributed by atoms with Crippen LogP contribution >= 0.6 is 0 Å². The summed E-state index contributed by atoms with van der Waals surface area (Å²) >= 11 is 0. The van der Waals surface area contributed by atoms with E-state index in [1.807, 2.05) is 12.1 Å². The summed E-state index contributed by atoms with van der Waals surface area (Å²) in [6, 6.07) is 5.52. The van der Waals surface area contributed by atoms with Crippen molar-refractivity contribution in [1.29, 1.82) is 0 Å². The van der Waals surface area contributed by atoms with Crippen LogP contribution < -0.4 is 9.47 Å². The first-order valence-electron chi connectivity index (χ1n) is 4.41. The van der Waals surface area contributed by atoms with Crippen LogP contribution in [-0.2, 0) is 0 Å². The van der Waals surface area contributed by atoms with E-state index in [9.17, 15) is 0 Å². The number of hydrogen-bond donors (Lipinski definition) is 0. The second-order valence-electron chi connectivity index (χ2n) is 2.91. The molecule has 0 N–H and O–H groups in total. The monoisotopic (exact) mass is 205 g/mol. The van der Waals surface area contributed by atoms with Crippen LogP contribution in [0.25, 0.3) is 5.69 Å². The summed E-state index contributed by atoms with van der Waals surface area (Å²) < 4.78 is 12.0. The highest BCUT2D eigenvalue weighted by Crippen LogP contribution is 2.24. The summed E-state index contributed by atoms with van der Waals surface area (Å²) in [4.78, 5) is 3.88. The van der Waals surface area contributed by atoms with E-state index in [0.29, 0.717) is 0 Å². The van der Waals surface area contributed by atoms with Crippen molar-refractivity contribution in [2.75, 3.05) is 14.2 Å². The molecule has 5 nitrogen and oxygen atoms in total. The molecule has 0 saturated carbocycles. The van der Waals surface area contributed by atoms with E-state index in [0.717, 1.165) is 17.2 Å². The van der Waals surface area contributed by atoms with Crippen LogP contribution in [0.1, 0.15) is 0 Å². The van der Waals surface area contributed by atoms with Crippen molar-refractivity contribution in [1.82, 2.24) is 14.8 Å². The van der Waals surface area contributed by atoms with Gasteiger partial charge in [-0.1, -0.05) is 0 Å². The third-order valence-electron chi connectivity index (χ3n) is 2.02. The number of nitrogens with zero attached hydrogens (tertiary/aromatic N) is 3. The third-order valence-corrected chi connectivity index (χ3v) is 2.02. The van der Waals surface area contributed by atoms with Crippen molar-refractivity contribution in [3.63, 3.8) is 0 Å². The van der Waals surface area contributed by atoms with Crippen LogP contribution in [0.5, 0.6) is 11.5 Å². The van der Waals surface area contributed by atoms with Gasteiger partial charge in [-0.2, -0.15) is 5.10 Å². The van der Waals surface area contributed by atoms with Gasteiger partial charge in [-0.25, -0.2) is 9.67 Å². The number of methoxy groups -OCH3 is 2. The molecule has 0 amide bonds. The van der Waals surface area contributed by atoms with Gasteiger partial charge in [0, 0.05) is 18.2 Å². The van der Waals surface area contributed by atoms with Crippen molar-refractivity contribution in [3.8, 4) is 17.2 Å². The fourth-order valence-electron chi connectivity index (χ4n) is 1.27. The molecular weight excluding hydrogens is 194 g/mol. The van der Waals surface area contributed by atoms with Crippen molar-refractivity contribution >= 4 is 0 Å². The summed E-state index contributed by atoms with van der Waals surface area (Å²) in [6.45, 7) is 0. The van der Waals surface area contributed by atoms with Gasteiger partial charge in [-0.15, -0.1) is 0 Å². The summed E-state index contributed by atoms with van der Waals surface area (Å²) in [5.41, 5.74) is 0.851. The summed E-state index contributed by atoms with van der Waals surface area (Å²) in [6.07, 6.45) is 3.10. The molecule has 2 rings (SSSR count). The minimum absolute atomic E-state index is 0.722. The molecule has 0 spiro atoms. The van der Waals surface area contributed by atoms with Crippen molar-refractivity contribution in [2.45, 2.75) is 0 Å². The van der Waals surface area contributed by atoms with Crippen LogP contribution in [0.3, 0.4) is 0 Å². The largest absolute Gasteiger partial charge is 0.497 e. The van der Waals surface area contributed by atoms with Crippen LogP contribution in [-0.4, -0.2) is 29.0 Å². The molecule has 78 valence electrons. The van der Waals surface area contributed by atoms with Gasteiger partial charge in [0.2, 0.25) is 0 Å². The van der Waals surface area contributed by atoms with E-state index in [1.54, 1.807) is 31.3 Å². The van der Waals surface area contributed by atoms with Gasteiger partial charge in [-0.05, 0) is 0 Å². The first-order valence-corrected chi connectivity index (χ1v) is 4.41. The molecule has 0 aliphatic carbocycles. The van der Waals surface area contributed by atoms with Crippen LogP contribution in [0.4, 0.5) is 0 Å². The molecule has 5 heteroatoms. The fraction of sp³-hybridized carbons (Fsp3) is 0.200. The SMILES string of the molecule is COc1cc(OC)cc(-n2cncn2)c1. The van der Waals surface area contributed by atoms with Gasteiger partial charge in [-0.3, -0.25) is 0 Å². The normalized spacial score (nSPS) is 10.0. The Bertz CT molecular complexity index is 418. The first-order chi connectivity index (χ1) is 7.33. The van der Waals surface area contributed by atoms with Gasteiger partial charge in [0.25, 0.3) is 0 Å². The molecular formula is C10H11N3O2. The lowest BCUT2D eigenvalue weighted by atomic mass is 10.3. The zero-order chi connectivity index (χ0) is 10.7. The van der Waals surface area contributed by atoms with Crippen molar-refractivity contribution in [2.24, 2.45) is 0 Å². The van der Waals surface area contributed by atoms with E-state index in [-0.39, 0.29) is 0 Å². The zero-order valence-corrected chi connectivity index (χ0v) is 8.54. The Morgan fingerprint density at radius 1 is 1.07 bits per heavy atom. The standard InChI is InChI=1S/C10H11N3O2/c1-14-9-3-8(4-10(5-9)15-2)13-7-11-6-12-13/h3-7H,1-2H3. The summed E-state index contributed by atoms with van der Waals surface area (Å²) in [5, 5.41) is 4.03. The van der Waals surface area contributed by atoms with E-state index in [4.69, 9.17) is 9.47 Å². The van der Waals surface area contributed by atoms with E-state index in [2.05, 4.69) is 10.1 Å². The maximum absolute atomic E-state index is 5.15. The Kier molecular flexibility index (Phi) is 2.53. The summed E-state index contributed by atoms with van der Waals surface area (Å²) in [5.74, 6) is 1.44. The average molecular weight is 205 g/mol. The molecule has 0 unspecified atom stereocenters. The Balaban J connectivity index is 2.47. The Morgan fingerprint density at radius 3 is 2.20 bits per heavy atom. The van der Waals surface area contributed by atoms with Crippen molar-refractivity contribution < 1.29 is 9.47 Å². The zero-order valence-electron chi connectivity index (χ0n) is 8.54. The van der Waals surface area contributed by atoms with Gasteiger partial charge in [0.15, 0.2) is 0 Å². The smallest absolute Gasteiger partial charge is 0.138 e. The van der Waals surface area contributed by atoms with Gasteiger partial charge < -0.3 is 9.47 Å². The highest BCUT2D eigenvalue weighted by atomic mass is 16.5. The molecule has 0 bridgehead atoms. The number of benzene rings is 1. The molecule has 1 heterocycles. The number of aromatic nitrogens is 3. The van der Waals surface area contributed by atoms with E-state index in [1.165, 1.54) is 6.33 Å². The molecule has 2 aromatic rings. The number of ether oxygens (including phenoxy) is 2. The minimum atomic E-state index is 0.722. The lowest BCUT2D eigenvalue weighted by Gasteiger charge is -2.07. The predicted molar refractivity (Wildman–Crippen MR) is 54.5 cm³/mol. The molecule has 0 atom stereocenters. The molecule has 1 aromatic carbocycles. The van der Waals surface area contributed by atoms with Gasteiger partial charge in [0.05, 0.1) is 19.9 Å². The molecule has 1 aromatic heterocycles. The van der Waals surface area contributed by atoms with Crippen LogP contribution in [0.15, 0.2) is 30.9 Å². The molecule has 0 fully saturated rings. The number of hydrogen-bond acceptors (Lipinski definition) is 4. The van der Waals surface area contributed by atoms with Crippen LogP contribution in [0, 0.1) is 0 Å². The van der Waals surface area contributed by atoms with Crippen molar-refractivity contribution in [3.05, 3.63) is 30.9 Å². The van der Waals surface area contributed by atoms with E-state index >= 15 is 0 Å². The number of rotatable bonds is 3. The Labute approximate surface area is 87.3 Å². The maximum Gasteiger partial charge on any atom is 0.138 e. The van der Waals surface area contributed by atoms with Crippen LogP contribution in [0.2, 0.25) is 0 Å². The Morgan fingerprint density at radius 2 is 1.73 bits per heavy atom. The third kappa shape index (κ3) is 1.90. The second-order valence-corrected chi connectivity index (χ2v) is 2.91. The molecule has 0 aliphatic rings. The lowest BCUT2D eigenvalue weighted by Crippen LogP contribution is -1.96. The predicted octanol–water partition coefficient (Wildman–Crippen LogP) is 1.28. The molecule has 0 aliphatic heterocycles. The molecule has 0 saturated heterocycles. The average Bonchev–Trinajstić information content (AvgIpc) is 2.81. The minimum Gasteiger partial charge on any atom is -0.497 e. The molecule has 0 radical (unpaired) electrons. The van der Waals surface area contributed by atoms with E-state index < -0.39 is 0 Å². The molecule has 15 heavy (non-hydrogen) atoms. The highest BCUT2D eigenvalue weighted by Gasteiger charge is 2.03. The lowest BCUT2D eigenvalue weighted by molar-refractivity contribution is 0.394. The van der Waals surface area contributed by atoms with Gasteiger partial charge >= 0.3 is 0 Å². The second kappa shape index (κ2) is 4.00. The topological polar surface area (TPSA) is 49.2 Å². The highest BCUT2D eigenvalue weighted by molar-refractivity contribution is 5.45. The van der Waals surface area contributed by atoms with Gasteiger partial charge in [0.1, 0.15) is 24.2 Å². The fourth-order valence-corrected chi connectivity index (χ4v) is 1.27. The quantitative estimate of drug-likeness (QED) is 0.757.